The summed E-state index contributed by atoms with van der Waals surface area (Å²) >= 11 is 0. The summed E-state index contributed by atoms with van der Waals surface area (Å²) in [6, 6.07) is 19.8. The predicted octanol–water partition coefficient (Wildman–Crippen LogP) is 5.47. The lowest BCUT2D eigenvalue weighted by Gasteiger charge is -2.28. The second-order valence-corrected chi connectivity index (χ2v) is 11.2. The molecule has 0 spiro atoms. The molecule has 5 aromatic rings. The van der Waals surface area contributed by atoms with Crippen molar-refractivity contribution in [1.82, 2.24) is 9.97 Å². The van der Waals surface area contributed by atoms with Crippen molar-refractivity contribution < 1.29 is 14.3 Å². The smallest absolute Gasteiger partial charge is 0.329 e. The number of aromatic nitrogens is 2. The molecule has 3 aromatic carbocycles. The standard InChI is InChI=1S/C35H34N4O5/c1-23-19-26-15-16-36-21-28(26)34(37-23)44-27-13-11-24(12-14-27)20-29(35(42)43-22-25-9-5-4-6-10-25)38-30-31(33(41)32(30)40)39-17-7-2-3-8-18-39/h4-6,9-16,19,21,29,38H,2-3,7-8,17-18,20,22H2,1H3/t29-/m0/s1. The van der Waals surface area contributed by atoms with E-state index in [-0.39, 0.29) is 18.7 Å². The number of carbonyl (C=O) groups is 1. The van der Waals surface area contributed by atoms with Crippen LogP contribution < -0.4 is 25.8 Å². The van der Waals surface area contributed by atoms with E-state index in [1.165, 1.54) is 0 Å². The number of fused-ring (bicyclic) bond motifs is 1. The van der Waals surface area contributed by atoms with Gasteiger partial charge in [0.25, 0.3) is 10.9 Å². The maximum Gasteiger partial charge on any atom is 0.329 e. The molecule has 6 rings (SSSR count). The molecular weight excluding hydrogens is 556 g/mol. The van der Waals surface area contributed by atoms with Crippen LogP contribution in [-0.2, 0) is 22.6 Å². The van der Waals surface area contributed by atoms with Crippen molar-refractivity contribution in [3.05, 3.63) is 116 Å². The van der Waals surface area contributed by atoms with E-state index in [9.17, 15) is 14.4 Å². The fourth-order valence-electron chi connectivity index (χ4n) is 5.61. The minimum atomic E-state index is -0.882. The normalized spacial score (nSPS) is 14.2. The van der Waals surface area contributed by atoms with Gasteiger partial charge in [0.15, 0.2) is 0 Å². The highest BCUT2D eigenvalue weighted by molar-refractivity contribution is 5.86. The van der Waals surface area contributed by atoms with E-state index in [0.717, 1.165) is 53.3 Å². The molecule has 2 aromatic heterocycles. The SMILES string of the molecule is Cc1cc2ccncc2c(Oc2ccc(C[C@H](Nc3c(N4CCCCCC4)c(=O)c3=O)C(=O)OCc3ccccc3)cc2)n1. The Balaban J connectivity index is 1.22. The van der Waals surface area contributed by atoms with Gasteiger partial charge in [-0.1, -0.05) is 55.3 Å². The minimum absolute atomic E-state index is 0.0991. The van der Waals surface area contributed by atoms with Crippen LogP contribution in [0, 0.1) is 6.92 Å². The highest BCUT2D eigenvalue weighted by Crippen LogP contribution is 2.29. The third-order valence-electron chi connectivity index (χ3n) is 7.94. The molecule has 1 aliphatic heterocycles. The van der Waals surface area contributed by atoms with Gasteiger partial charge in [0.2, 0.25) is 5.88 Å². The molecule has 9 heteroatoms. The topological polar surface area (TPSA) is 111 Å². The Morgan fingerprint density at radius 1 is 0.932 bits per heavy atom. The summed E-state index contributed by atoms with van der Waals surface area (Å²) in [5.41, 5.74) is 1.99. The molecule has 0 aliphatic carbocycles. The minimum Gasteiger partial charge on any atom is -0.459 e. The van der Waals surface area contributed by atoms with Crippen molar-refractivity contribution in [1.29, 1.82) is 0 Å². The first kappa shape index (κ1) is 29.0. The molecule has 1 aliphatic rings. The van der Waals surface area contributed by atoms with Crippen LogP contribution in [0.25, 0.3) is 10.8 Å². The number of hydrogen-bond donors (Lipinski definition) is 1. The number of nitrogens with zero attached hydrogens (tertiary/aromatic N) is 3. The number of hydrogen-bond acceptors (Lipinski definition) is 9. The van der Waals surface area contributed by atoms with Gasteiger partial charge in [-0.2, -0.15) is 0 Å². The number of anilines is 2. The van der Waals surface area contributed by atoms with Gasteiger partial charge < -0.3 is 19.7 Å². The third kappa shape index (κ3) is 6.46. The number of aryl methyl sites for hydroxylation is 1. The van der Waals surface area contributed by atoms with E-state index in [1.54, 1.807) is 12.4 Å². The molecule has 224 valence electrons. The first-order valence-electron chi connectivity index (χ1n) is 15.0. The predicted molar refractivity (Wildman–Crippen MR) is 170 cm³/mol. The number of ether oxygens (including phenoxy) is 2. The number of benzene rings is 2. The number of esters is 1. The number of nitrogens with one attached hydrogen (secondary N) is 1. The molecule has 0 radical (unpaired) electrons. The van der Waals surface area contributed by atoms with Gasteiger partial charge in [-0.05, 0) is 60.5 Å². The van der Waals surface area contributed by atoms with Crippen LogP contribution in [0.1, 0.15) is 42.5 Å². The summed E-state index contributed by atoms with van der Waals surface area (Å²) in [5.74, 6) is 0.539. The Bertz CT molecular complexity index is 1820. The van der Waals surface area contributed by atoms with Crippen molar-refractivity contribution in [2.75, 3.05) is 23.3 Å². The largest absolute Gasteiger partial charge is 0.459 e. The van der Waals surface area contributed by atoms with Crippen LogP contribution in [-0.4, -0.2) is 35.1 Å². The molecule has 1 fully saturated rings. The fraction of sp³-hybridized carbons (Fsp3) is 0.286. The van der Waals surface area contributed by atoms with Gasteiger partial charge in [-0.15, -0.1) is 0 Å². The van der Waals surface area contributed by atoms with E-state index in [4.69, 9.17) is 9.47 Å². The van der Waals surface area contributed by atoms with Gasteiger partial charge in [-0.25, -0.2) is 9.78 Å². The molecule has 0 bridgehead atoms. The summed E-state index contributed by atoms with van der Waals surface area (Å²) in [7, 11) is 0. The maximum absolute atomic E-state index is 13.4. The summed E-state index contributed by atoms with van der Waals surface area (Å²) in [5, 5.41) is 4.90. The maximum atomic E-state index is 13.4. The Labute approximate surface area is 255 Å². The molecule has 9 nitrogen and oxygen atoms in total. The third-order valence-corrected chi connectivity index (χ3v) is 7.94. The highest BCUT2D eigenvalue weighted by Gasteiger charge is 2.31. The lowest BCUT2D eigenvalue weighted by molar-refractivity contribution is -0.145. The molecule has 1 atom stereocenters. The number of pyridine rings is 2. The van der Waals surface area contributed by atoms with E-state index in [2.05, 4.69) is 15.3 Å². The molecule has 0 amide bonds. The van der Waals surface area contributed by atoms with E-state index >= 15 is 0 Å². The zero-order chi connectivity index (χ0) is 30.5. The van der Waals surface area contributed by atoms with Crippen molar-refractivity contribution in [3.63, 3.8) is 0 Å². The van der Waals surface area contributed by atoms with Crippen LogP contribution in [0.4, 0.5) is 11.4 Å². The van der Waals surface area contributed by atoms with Gasteiger partial charge >= 0.3 is 5.97 Å². The summed E-state index contributed by atoms with van der Waals surface area (Å²) < 4.78 is 11.8. The van der Waals surface area contributed by atoms with E-state index in [1.807, 2.05) is 78.6 Å². The lowest BCUT2D eigenvalue weighted by atomic mass is 10.0. The zero-order valence-corrected chi connectivity index (χ0v) is 24.6. The van der Waals surface area contributed by atoms with Gasteiger partial charge in [0, 0.05) is 37.6 Å². The van der Waals surface area contributed by atoms with Gasteiger partial charge in [-0.3, -0.25) is 14.6 Å². The summed E-state index contributed by atoms with van der Waals surface area (Å²) in [4.78, 5) is 49.6. The quantitative estimate of drug-likeness (QED) is 0.167. The fourth-order valence-corrected chi connectivity index (χ4v) is 5.61. The second kappa shape index (κ2) is 13.1. The van der Waals surface area contributed by atoms with Crippen LogP contribution in [0.2, 0.25) is 0 Å². The van der Waals surface area contributed by atoms with Crippen LogP contribution in [0.5, 0.6) is 11.6 Å². The molecule has 0 saturated carbocycles. The molecule has 3 heterocycles. The van der Waals surface area contributed by atoms with Crippen molar-refractivity contribution in [3.8, 4) is 11.6 Å². The van der Waals surface area contributed by atoms with Crippen molar-refractivity contribution >= 4 is 28.1 Å². The summed E-state index contributed by atoms with van der Waals surface area (Å²) in [6.45, 7) is 3.44. The highest BCUT2D eigenvalue weighted by atomic mass is 16.5. The average molecular weight is 591 g/mol. The van der Waals surface area contributed by atoms with Gasteiger partial charge in [0.1, 0.15) is 29.8 Å². The first-order chi connectivity index (χ1) is 21.5. The van der Waals surface area contributed by atoms with Crippen molar-refractivity contribution in [2.45, 2.75) is 51.7 Å². The lowest BCUT2D eigenvalue weighted by Crippen LogP contribution is -2.46. The Hall–Kier alpha value is -5.05. The molecule has 44 heavy (non-hydrogen) atoms. The molecular formula is C35H34N4O5. The second-order valence-electron chi connectivity index (χ2n) is 11.2. The Morgan fingerprint density at radius 2 is 1.68 bits per heavy atom. The number of carbonyl (C=O) groups excluding carboxylic acids is 1. The van der Waals surface area contributed by atoms with E-state index < -0.39 is 22.9 Å². The van der Waals surface area contributed by atoms with Crippen LogP contribution in [0.15, 0.2) is 88.7 Å². The molecule has 0 unspecified atom stereocenters. The van der Waals surface area contributed by atoms with Crippen LogP contribution in [0.3, 0.4) is 0 Å². The molecule has 1 saturated heterocycles. The average Bonchev–Trinajstić information content (AvgIpc) is 3.33. The number of rotatable bonds is 10. The molecule has 1 N–H and O–H groups in total. The Kier molecular flexibility index (Phi) is 8.63. The van der Waals surface area contributed by atoms with E-state index in [0.29, 0.717) is 30.4 Å². The first-order valence-corrected chi connectivity index (χ1v) is 15.0. The summed E-state index contributed by atoms with van der Waals surface area (Å²) in [6.07, 6.45) is 7.80. The van der Waals surface area contributed by atoms with Crippen molar-refractivity contribution in [2.24, 2.45) is 0 Å². The van der Waals surface area contributed by atoms with Crippen LogP contribution >= 0.6 is 0 Å². The van der Waals surface area contributed by atoms with Gasteiger partial charge in [0.05, 0.1) is 5.39 Å². The Morgan fingerprint density at radius 3 is 2.43 bits per heavy atom. The monoisotopic (exact) mass is 590 g/mol. The zero-order valence-electron chi connectivity index (χ0n) is 24.6.